The number of esters is 1. The van der Waals surface area contributed by atoms with Gasteiger partial charge in [0.05, 0.1) is 40.9 Å². The van der Waals surface area contributed by atoms with E-state index in [1.807, 2.05) is 0 Å². The maximum Gasteiger partial charge on any atom is 0.472 e. The van der Waals surface area contributed by atoms with E-state index in [2.05, 4.69) is 41.6 Å². The van der Waals surface area contributed by atoms with Crippen molar-refractivity contribution in [3.8, 4) is 23.0 Å². The van der Waals surface area contributed by atoms with Gasteiger partial charge in [-0.25, -0.2) is 39.8 Å². The number of aromatic nitrogens is 5. The number of nitrogens with zero attached hydrogens (tertiary/aromatic N) is 6. The highest BCUT2D eigenvalue weighted by atomic mass is 35.5. The number of carbonyl (C=O) groups is 3. The fraction of sp³-hybridized carbons (Fsp3) is 0.409. The lowest BCUT2D eigenvalue weighted by Gasteiger charge is -2.23. The molecule has 0 bridgehead atoms. The molecule has 416 valence electrons. The number of phosphoric ester groups is 1. The van der Waals surface area contributed by atoms with Crippen molar-refractivity contribution in [1.29, 1.82) is 0 Å². The Hall–Kier alpha value is -6.00. The summed E-state index contributed by atoms with van der Waals surface area (Å²) >= 11 is 3.30. The van der Waals surface area contributed by atoms with Crippen LogP contribution in [0.5, 0.6) is 0 Å². The summed E-state index contributed by atoms with van der Waals surface area (Å²) in [5.41, 5.74) is -6.49. The number of hydrogen-bond donors (Lipinski definition) is 4. The first-order valence-corrected chi connectivity index (χ1v) is 26.9. The molecule has 2 aliphatic carbocycles. The Morgan fingerprint density at radius 2 is 1.66 bits per heavy atom. The van der Waals surface area contributed by atoms with Crippen LogP contribution in [0.15, 0.2) is 42.5 Å². The molecule has 77 heavy (non-hydrogen) atoms. The molecular weight excluding hydrogens is 1140 g/mol. The summed E-state index contributed by atoms with van der Waals surface area (Å²) in [7, 11) is -9.02. The van der Waals surface area contributed by atoms with Gasteiger partial charge in [-0.15, -0.1) is 0 Å². The number of ether oxygens (including phenoxy) is 1. The van der Waals surface area contributed by atoms with Crippen LogP contribution >= 0.6 is 19.4 Å². The number of rotatable bonds is 18. The van der Waals surface area contributed by atoms with Crippen molar-refractivity contribution >= 4 is 69.2 Å². The van der Waals surface area contributed by atoms with E-state index in [-0.39, 0.29) is 37.8 Å². The number of hydrogen-bond acceptors (Lipinski definition) is 12. The topological polar surface area (TPSA) is 262 Å². The number of pyridine rings is 1. The third-order valence-corrected chi connectivity index (χ3v) is 15.6. The third-order valence-electron chi connectivity index (χ3n) is 12.1. The van der Waals surface area contributed by atoms with E-state index in [9.17, 15) is 71.3 Å². The Labute approximate surface area is 435 Å². The van der Waals surface area contributed by atoms with Crippen molar-refractivity contribution in [2.24, 2.45) is 5.92 Å². The van der Waals surface area contributed by atoms with Crippen LogP contribution in [0.1, 0.15) is 84.7 Å². The summed E-state index contributed by atoms with van der Waals surface area (Å²) in [4.78, 5) is 61.7. The quantitative estimate of drug-likeness (QED) is 0.0170. The molecule has 1 fully saturated rings. The van der Waals surface area contributed by atoms with Gasteiger partial charge in [-0.05, 0) is 74.4 Å². The average molecular weight is 1180 g/mol. The molecule has 1 saturated carbocycles. The first kappa shape index (κ1) is 58.7. The van der Waals surface area contributed by atoms with Gasteiger partial charge in [-0.2, -0.15) is 45.3 Å². The van der Waals surface area contributed by atoms with Gasteiger partial charge in [0.25, 0.3) is 17.2 Å². The minimum atomic E-state index is -5.24. The molecule has 0 aliphatic heterocycles. The smallest absolute Gasteiger partial charge is 0.438 e. The van der Waals surface area contributed by atoms with E-state index < -0.39 is 189 Å². The van der Waals surface area contributed by atoms with Gasteiger partial charge < -0.3 is 19.8 Å². The minimum absolute atomic E-state index is 0.149. The number of nitrogens with one attached hydrogen (secondary N) is 1. The molecule has 2 amide bonds. The van der Waals surface area contributed by atoms with Crippen LogP contribution in [-0.4, -0.2) is 97.6 Å². The SMILES string of the molecule is CC(C)(C#Cc1ccc(-c2ccc(Cl)c3c(CN(C(=O)CCC(=O)OCOP(=O)(O)O)S(=O)O)nn(CC(F)(F)F)c23)c(C(Cc2cc(F)cc(F)c2)NC(=O)Cn2nc(C(F)(F)F)c3c2C(F)(F)[C@@H]2C[C@H]32)n1)S(C)(=O)=O. The zero-order chi connectivity index (χ0) is 57.1. The highest BCUT2D eigenvalue weighted by molar-refractivity contribution is 7.92. The van der Waals surface area contributed by atoms with Gasteiger partial charge in [0.1, 0.15) is 40.9 Å². The second-order valence-electron chi connectivity index (χ2n) is 18.1. The standard InChI is InChI=1S/C44H39ClF10N7O12PS2/c1-41(2,77(3,71)72)11-10-24-4-5-25(26-6-7-29(45)36-31(58-61(38(26)36)19-42(48,49)50)17-62(76(69)70)33(64)8-9-34(65)73-20-74-75(66,67)68)37(56-24)30(14-21-12-22(46)15-23(47)13-21)57-32(63)18-60-40-35(39(59-60)44(53,54)55)27-16-28(27)43(40,51)52/h4-7,12-13,15,27-28,30H,8-9,14,16-20H2,1-3H3,(H,57,63)(H,69,70)(H2,66,67,68)/t27-,28+,30?/m0/s1. The fourth-order valence-corrected chi connectivity index (χ4v) is 9.58. The van der Waals surface area contributed by atoms with Gasteiger partial charge in [0.2, 0.25) is 18.6 Å². The number of fused-ring (bicyclic) bond motifs is 4. The Morgan fingerprint density at radius 3 is 2.26 bits per heavy atom. The molecule has 7 rings (SSSR count). The largest absolute Gasteiger partial charge is 0.472 e. The molecule has 2 unspecified atom stereocenters. The second-order valence-corrected chi connectivity index (χ2v) is 23.2. The van der Waals surface area contributed by atoms with Crippen molar-refractivity contribution in [3.05, 3.63) is 98.7 Å². The molecule has 3 heterocycles. The third kappa shape index (κ3) is 13.3. The lowest BCUT2D eigenvalue weighted by Crippen LogP contribution is -2.35. The summed E-state index contributed by atoms with van der Waals surface area (Å²) < 4.78 is 213. The number of alkyl halides is 8. The van der Waals surface area contributed by atoms with Crippen LogP contribution in [0.4, 0.5) is 43.9 Å². The first-order valence-electron chi connectivity index (χ1n) is 22.0. The van der Waals surface area contributed by atoms with Crippen LogP contribution in [0, 0.1) is 29.4 Å². The van der Waals surface area contributed by atoms with Gasteiger partial charge in [0, 0.05) is 46.7 Å². The number of benzene rings is 2. The molecule has 0 radical (unpaired) electrons. The van der Waals surface area contributed by atoms with E-state index in [0.29, 0.717) is 10.7 Å². The van der Waals surface area contributed by atoms with Crippen molar-refractivity contribution in [2.75, 3.05) is 13.0 Å². The maximum absolute atomic E-state index is 15.6. The first-order chi connectivity index (χ1) is 35.5. The van der Waals surface area contributed by atoms with Crippen LogP contribution < -0.4 is 5.32 Å². The molecular formula is C44H39ClF10N7O12PS2. The Morgan fingerprint density at radius 1 is 1.01 bits per heavy atom. The molecule has 33 heteroatoms. The number of halogens is 11. The van der Waals surface area contributed by atoms with Gasteiger partial charge in [-0.1, -0.05) is 23.6 Å². The monoisotopic (exact) mass is 1180 g/mol. The van der Waals surface area contributed by atoms with E-state index in [4.69, 9.17) is 21.4 Å². The van der Waals surface area contributed by atoms with E-state index in [0.717, 1.165) is 42.7 Å². The fourth-order valence-electron chi connectivity index (χ4n) is 8.39. The maximum atomic E-state index is 15.6. The van der Waals surface area contributed by atoms with Crippen molar-refractivity contribution in [2.45, 2.75) is 94.1 Å². The molecule has 0 spiro atoms. The zero-order valence-electron chi connectivity index (χ0n) is 39.6. The highest BCUT2D eigenvalue weighted by Crippen LogP contribution is 2.68. The Kier molecular flexibility index (Phi) is 16.3. The molecule has 4 atom stereocenters. The van der Waals surface area contributed by atoms with Crippen molar-refractivity contribution in [3.63, 3.8) is 0 Å². The van der Waals surface area contributed by atoms with Crippen molar-refractivity contribution in [1.82, 2.24) is 34.2 Å². The number of carbonyl (C=O) groups excluding carboxylic acids is 3. The van der Waals surface area contributed by atoms with Gasteiger partial charge in [0.15, 0.2) is 15.5 Å². The summed E-state index contributed by atoms with van der Waals surface area (Å²) in [5.74, 6) is -7.83. The molecule has 4 N–H and O–H groups in total. The van der Waals surface area contributed by atoms with Gasteiger partial charge in [-0.3, -0.25) is 28.3 Å². The molecule has 3 aromatic heterocycles. The van der Waals surface area contributed by atoms with Gasteiger partial charge >= 0.3 is 26.1 Å². The zero-order valence-corrected chi connectivity index (χ0v) is 42.8. The summed E-state index contributed by atoms with van der Waals surface area (Å²) in [6.45, 7) is -3.21. The molecule has 2 aromatic carbocycles. The summed E-state index contributed by atoms with van der Waals surface area (Å²) in [6, 6.07) is 4.70. The lowest BCUT2D eigenvalue weighted by atomic mass is 9.93. The number of amides is 2. The molecule has 2 aliphatic rings. The predicted octanol–water partition coefficient (Wildman–Crippen LogP) is 7.15. The number of sulfone groups is 1. The van der Waals surface area contributed by atoms with E-state index in [1.165, 1.54) is 13.8 Å². The predicted molar refractivity (Wildman–Crippen MR) is 247 cm³/mol. The molecule has 19 nitrogen and oxygen atoms in total. The van der Waals surface area contributed by atoms with E-state index >= 15 is 8.78 Å². The average Bonchev–Trinajstić information content (AvgIpc) is 4.01. The number of phosphoric acid groups is 1. The normalized spacial score (nSPS) is 17.0. The van der Waals surface area contributed by atoms with Crippen molar-refractivity contribution < 1.29 is 99.1 Å². The Bertz CT molecular complexity index is 3450. The minimum Gasteiger partial charge on any atom is -0.438 e. The lowest BCUT2D eigenvalue weighted by molar-refractivity contribution is -0.152. The highest BCUT2D eigenvalue weighted by Gasteiger charge is 2.68. The van der Waals surface area contributed by atoms with Crippen LogP contribution in [0.2, 0.25) is 5.02 Å². The van der Waals surface area contributed by atoms with Crippen LogP contribution in [0.3, 0.4) is 0 Å². The second kappa shape index (κ2) is 21.3. The van der Waals surface area contributed by atoms with Crippen LogP contribution in [0.25, 0.3) is 22.0 Å². The molecule has 5 aromatic rings. The molecule has 0 saturated heterocycles. The van der Waals surface area contributed by atoms with Crippen LogP contribution in [-0.2, 0) is 87.5 Å². The van der Waals surface area contributed by atoms with E-state index in [1.54, 1.807) is 0 Å². The Balaban J connectivity index is 1.39. The summed E-state index contributed by atoms with van der Waals surface area (Å²) in [5, 5.41) is 8.92. The summed E-state index contributed by atoms with van der Waals surface area (Å²) in [6.07, 6.45) is -12.4.